The van der Waals surface area contributed by atoms with Gasteiger partial charge in [-0.1, -0.05) is 12.1 Å². The first-order chi connectivity index (χ1) is 12.5. The third-order valence-corrected chi connectivity index (χ3v) is 4.55. The van der Waals surface area contributed by atoms with Crippen LogP contribution < -0.4 is 15.0 Å². The zero-order chi connectivity index (χ0) is 18.5. The first-order valence-electron chi connectivity index (χ1n) is 8.74. The average molecular weight is 357 g/mol. The molecular weight excluding hydrogens is 333 g/mol. The predicted octanol–water partition coefficient (Wildman–Crippen LogP) is 2.90. The van der Waals surface area contributed by atoms with Gasteiger partial charge in [0, 0.05) is 37.6 Å². The van der Waals surface area contributed by atoms with Crippen LogP contribution in [0.15, 0.2) is 42.5 Å². The van der Waals surface area contributed by atoms with Crippen LogP contribution in [0.25, 0.3) is 0 Å². The summed E-state index contributed by atoms with van der Waals surface area (Å²) in [5, 5.41) is 2.82. The Labute approximate surface area is 153 Å². The summed E-state index contributed by atoms with van der Waals surface area (Å²) < 4.78 is 18.8. The molecule has 1 aliphatic heterocycles. The summed E-state index contributed by atoms with van der Waals surface area (Å²) in [5.74, 6) is -0.721. The molecule has 1 N–H and O–H groups in total. The van der Waals surface area contributed by atoms with Crippen LogP contribution in [-0.4, -0.2) is 50.6 Å². The number of amides is 1. The van der Waals surface area contributed by atoms with Gasteiger partial charge in [0.2, 0.25) is 0 Å². The minimum atomic E-state index is -0.479. The number of rotatable bonds is 5. The minimum absolute atomic E-state index is 0.0739. The van der Waals surface area contributed by atoms with Crippen molar-refractivity contribution in [3.8, 4) is 5.75 Å². The zero-order valence-corrected chi connectivity index (χ0v) is 15.2. The number of likely N-dealkylation sites (N-methyl/N-ethyl adjacent to an activating group) is 1. The molecule has 0 aliphatic carbocycles. The van der Waals surface area contributed by atoms with E-state index in [1.54, 1.807) is 12.1 Å². The Hall–Kier alpha value is -2.60. The first-order valence-corrected chi connectivity index (χ1v) is 8.74. The topological polar surface area (TPSA) is 44.8 Å². The molecule has 0 saturated carbocycles. The lowest BCUT2D eigenvalue weighted by Gasteiger charge is -2.34. The molecule has 0 radical (unpaired) electrons. The summed E-state index contributed by atoms with van der Waals surface area (Å²) in [7, 11) is 2.13. The van der Waals surface area contributed by atoms with Crippen LogP contribution in [-0.2, 0) is 4.79 Å². The Morgan fingerprint density at radius 3 is 2.58 bits per heavy atom. The number of halogens is 1. The third-order valence-electron chi connectivity index (χ3n) is 4.55. The van der Waals surface area contributed by atoms with Crippen molar-refractivity contribution >= 4 is 17.3 Å². The maximum absolute atomic E-state index is 13.5. The number of ether oxygens (including phenoxy) is 1. The molecule has 0 spiro atoms. The van der Waals surface area contributed by atoms with Crippen molar-refractivity contribution in [3.63, 3.8) is 0 Å². The Bertz CT molecular complexity index is 773. The highest BCUT2D eigenvalue weighted by Gasteiger charge is 2.15. The number of aryl methyl sites for hydroxylation is 1. The quantitative estimate of drug-likeness (QED) is 0.894. The zero-order valence-electron chi connectivity index (χ0n) is 15.2. The Morgan fingerprint density at radius 2 is 1.88 bits per heavy atom. The number of nitrogens with zero attached hydrogens (tertiary/aromatic N) is 2. The molecule has 2 aromatic carbocycles. The second-order valence-corrected chi connectivity index (χ2v) is 6.56. The summed E-state index contributed by atoms with van der Waals surface area (Å²) >= 11 is 0. The number of nitrogens with one attached hydrogen (secondary N) is 1. The predicted molar refractivity (Wildman–Crippen MR) is 101 cm³/mol. The van der Waals surface area contributed by atoms with Crippen molar-refractivity contribution in [2.24, 2.45) is 0 Å². The van der Waals surface area contributed by atoms with Gasteiger partial charge in [-0.15, -0.1) is 0 Å². The van der Waals surface area contributed by atoms with E-state index in [1.165, 1.54) is 12.1 Å². The maximum atomic E-state index is 13.5. The summed E-state index contributed by atoms with van der Waals surface area (Å²) in [6, 6.07) is 12.0. The Balaban J connectivity index is 1.57. The smallest absolute Gasteiger partial charge is 0.262 e. The number of anilines is 2. The molecule has 5 nitrogen and oxygen atoms in total. The molecule has 1 aliphatic rings. The highest BCUT2D eigenvalue weighted by molar-refractivity contribution is 5.92. The Kier molecular flexibility index (Phi) is 5.73. The molecule has 0 unspecified atom stereocenters. The number of benzene rings is 2. The fraction of sp³-hybridized carbons (Fsp3) is 0.350. The van der Waals surface area contributed by atoms with Crippen LogP contribution in [0.1, 0.15) is 5.56 Å². The second kappa shape index (κ2) is 8.19. The van der Waals surface area contributed by atoms with Crippen molar-refractivity contribution in [1.29, 1.82) is 0 Å². The number of carbonyl (C=O) groups excluding carboxylic acids is 1. The average Bonchev–Trinajstić information content (AvgIpc) is 2.63. The summed E-state index contributed by atoms with van der Waals surface area (Å²) in [6.07, 6.45) is 0. The van der Waals surface area contributed by atoms with Gasteiger partial charge in [0.05, 0.1) is 0 Å². The summed E-state index contributed by atoms with van der Waals surface area (Å²) in [5.41, 5.74) is 2.89. The van der Waals surface area contributed by atoms with Crippen LogP contribution in [0.5, 0.6) is 5.75 Å². The van der Waals surface area contributed by atoms with Crippen LogP contribution >= 0.6 is 0 Å². The SMILES string of the molecule is Cc1cc(N2CCN(C)CC2)ccc1NC(=O)COc1ccccc1F. The normalized spacial score (nSPS) is 15.0. The third kappa shape index (κ3) is 4.52. The summed E-state index contributed by atoms with van der Waals surface area (Å²) in [4.78, 5) is 16.8. The number of piperazine rings is 1. The second-order valence-electron chi connectivity index (χ2n) is 6.56. The van der Waals surface area contributed by atoms with E-state index in [1.807, 2.05) is 19.1 Å². The van der Waals surface area contributed by atoms with E-state index in [0.717, 1.165) is 43.1 Å². The van der Waals surface area contributed by atoms with Gasteiger partial charge >= 0.3 is 0 Å². The van der Waals surface area contributed by atoms with Crippen molar-refractivity contribution in [3.05, 3.63) is 53.8 Å². The number of hydrogen-bond acceptors (Lipinski definition) is 4. The van der Waals surface area contributed by atoms with Gasteiger partial charge < -0.3 is 19.9 Å². The molecule has 0 aromatic heterocycles. The van der Waals surface area contributed by atoms with Gasteiger partial charge in [-0.25, -0.2) is 4.39 Å². The molecule has 1 amide bonds. The fourth-order valence-corrected chi connectivity index (χ4v) is 2.94. The number of carbonyl (C=O) groups is 1. The van der Waals surface area contributed by atoms with Gasteiger partial charge in [-0.2, -0.15) is 0 Å². The largest absolute Gasteiger partial charge is 0.481 e. The van der Waals surface area contributed by atoms with Gasteiger partial charge in [0.25, 0.3) is 5.91 Å². The van der Waals surface area contributed by atoms with E-state index < -0.39 is 5.82 Å². The van der Waals surface area contributed by atoms with E-state index >= 15 is 0 Å². The van der Waals surface area contributed by atoms with E-state index in [9.17, 15) is 9.18 Å². The molecule has 0 bridgehead atoms. The monoisotopic (exact) mass is 357 g/mol. The highest BCUT2D eigenvalue weighted by atomic mass is 19.1. The van der Waals surface area contributed by atoms with Crippen molar-refractivity contribution in [2.45, 2.75) is 6.92 Å². The van der Waals surface area contributed by atoms with Crippen molar-refractivity contribution in [2.75, 3.05) is 50.1 Å². The molecule has 26 heavy (non-hydrogen) atoms. The van der Waals surface area contributed by atoms with E-state index in [-0.39, 0.29) is 18.3 Å². The first kappa shape index (κ1) is 18.2. The molecule has 3 rings (SSSR count). The maximum Gasteiger partial charge on any atom is 0.262 e. The van der Waals surface area contributed by atoms with Crippen molar-refractivity contribution in [1.82, 2.24) is 4.90 Å². The number of para-hydroxylation sites is 1. The minimum Gasteiger partial charge on any atom is -0.481 e. The van der Waals surface area contributed by atoms with E-state index in [2.05, 4.69) is 28.2 Å². The molecule has 2 aromatic rings. The van der Waals surface area contributed by atoms with Gasteiger partial charge in [0.1, 0.15) is 0 Å². The van der Waals surface area contributed by atoms with Crippen LogP contribution in [0.2, 0.25) is 0 Å². The molecular formula is C20H24FN3O2. The van der Waals surface area contributed by atoms with Gasteiger partial charge in [0.15, 0.2) is 18.2 Å². The molecule has 1 saturated heterocycles. The lowest BCUT2D eigenvalue weighted by atomic mass is 10.1. The lowest BCUT2D eigenvalue weighted by Crippen LogP contribution is -2.44. The van der Waals surface area contributed by atoms with Crippen LogP contribution in [0.3, 0.4) is 0 Å². The lowest BCUT2D eigenvalue weighted by molar-refractivity contribution is -0.118. The van der Waals surface area contributed by atoms with Crippen molar-refractivity contribution < 1.29 is 13.9 Å². The van der Waals surface area contributed by atoms with E-state index in [4.69, 9.17) is 4.74 Å². The van der Waals surface area contributed by atoms with Crippen LogP contribution in [0, 0.1) is 12.7 Å². The van der Waals surface area contributed by atoms with Gasteiger partial charge in [-0.3, -0.25) is 4.79 Å². The molecule has 6 heteroatoms. The highest BCUT2D eigenvalue weighted by Crippen LogP contribution is 2.24. The molecule has 1 fully saturated rings. The van der Waals surface area contributed by atoms with Crippen LogP contribution in [0.4, 0.5) is 15.8 Å². The number of hydrogen-bond donors (Lipinski definition) is 1. The molecule has 138 valence electrons. The Morgan fingerprint density at radius 1 is 1.15 bits per heavy atom. The summed E-state index contributed by atoms with van der Waals surface area (Å²) in [6.45, 7) is 5.82. The van der Waals surface area contributed by atoms with Gasteiger partial charge in [-0.05, 0) is 49.9 Å². The van der Waals surface area contributed by atoms with E-state index in [0.29, 0.717) is 0 Å². The molecule has 1 heterocycles. The fourth-order valence-electron chi connectivity index (χ4n) is 2.94. The standard InChI is InChI=1S/C20H24FN3O2/c1-15-13-16(24-11-9-23(2)10-12-24)7-8-18(15)22-20(25)14-26-19-6-4-3-5-17(19)21/h3-8,13H,9-12,14H2,1-2H3,(H,22,25). The molecule has 0 atom stereocenters.